The van der Waals surface area contributed by atoms with Crippen molar-refractivity contribution in [2.75, 3.05) is 32.8 Å². The van der Waals surface area contributed by atoms with Gasteiger partial charge in [-0.05, 0) is 38.2 Å². The highest BCUT2D eigenvalue weighted by Crippen LogP contribution is 2.41. The largest absolute Gasteiger partial charge is 0.381 e. The number of hydrogen-bond donors (Lipinski definition) is 0. The van der Waals surface area contributed by atoms with Crippen molar-refractivity contribution in [1.82, 2.24) is 14.4 Å². The van der Waals surface area contributed by atoms with Crippen molar-refractivity contribution in [2.45, 2.75) is 44.7 Å². The molecule has 3 fully saturated rings. The van der Waals surface area contributed by atoms with Gasteiger partial charge in [-0.2, -0.15) is 0 Å². The molecule has 4 rings (SSSR count). The summed E-state index contributed by atoms with van der Waals surface area (Å²) in [4.78, 5) is 41.7. The first kappa shape index (κ1) is 18.2. The van der Waals surface area contributed by atoms with E-state index in [2.05, 4.69) is 4.90 Å². The summed E-state index contributed by atoms with van der Waals surface area (Å²) in [6.45, 7) is 3.36. The Morgan fingerprint density at radius 2 is 1.96 bits per heavy atom. The van der Waals surface area contributed by atoms with Gasteiger partial charge in [0.15, 0.2) is 0 Å². The maximum absolute atomic E-state index is 13.3. The van der Waals surface area contributed by atoms with Crippen LogP contribution in [-0.4, -0.2) is 65.1 Å². The molecule has 0 N–H and O–H groups in total. The van der Waals surface area contributed by atoms with E-state index in [-0.39, 0.29) is 30.0 Å². The van der Waals surface area contributed by atoms with Gasteiger partial charge >= 0.3 is 0 Å². The molecule has 3 aliphatic rings. The van der Waals surface area contributed by atoms with Gasteiger partial charge in [0.05, 0.1) is 5.41 Å². The molecule has 1 atom stereocenters. The molecule has 146 valence electrons. The van der Waals surface area contributed by atoms with Crippen LogP contribution in [0.1, 0.15) is 32.1 Å². The summed E-state index contributed by atoms with van der Waals surface area (Å²) in [5.74, 6) is 0.129. The predicted molar refractivity (Wildman–Crippen MR) is 99.1 cm³/mol. The van der Waals surface area contributed by atoms with E-state index < -0.39 is 5.41 Å². The van der Waals surface area contributed by atoms with E-state index in [1.807, 2.05) is 0 Å². The lowest BCUT2D eigenvalue weighted by Gasteiger charge is -2.44. The van der Waals surface area contributed by atoms with Gasteiger partial charge in [0.25, 0.3) is 5.56 Å². The van der Waals surface area contributed by atoms with Crippen LogP contribution in [0.5, 0.6) is 0 Å². The third kappa shape index (κ3) is 3.52. The molecule has 0 bridgehead atoms. The van der Waals surface area contributed by atoms with Gasteiger partial charge in [-0.25, -0.2) is 0 Å². The van der Waals surface area contributed by atoms with Crippen molar-refractivity contribution in [1.29, 1.82) is 0 Å². The van der Waals surface area contributed by atoms with E-state index in [4.69, 9.17) is 4.74 Å². The molecule has 1 aromatic rings. The number of carbonyl (C=O) groups is 2. The monoisotopic (exact) mass is 373 g/mol. The summed E-state index contributed by atoms with van der Waals surface area (Å²) in [5.41, 5.74) is -0.618. The predicted octanol–water partition coefficient (Wildman–Crippen LogP) is 0.868. The molecule has 4 heterocycles. The minimum absolute atomic E-state index is 0.0353. The van der Waals surface area contributed by atoms with E-state index in [1.54, 1.807) is 23.2 Å². The summed E-state index contributed by atoms with van der Waals surface area (Å²) in [6, 6.07) is 5.14. The van der Waals surface area contributed by atoms with Crippen LogP contribution >= 0.6 is 0 Å². The van der Waals surface area contributed by atoms with Crippen LogP contribution in [0.3, 0.4) is 0 Å². The minimum Gasteiger partial charge on any atom is -0.381 e. The summed E-state index contributed by atoms with van der Waals surface area (Å²) in [5, 5.41) is 0. The summed E-state index contributed by atoms with van der Waals surface area (Å²) in [6.07, 6.45) is 6.00. The number of carbonyl (C=O) groups excluding carboxylic acids is 2. The Kier molecular flexibility index (Phi) is 5.04. The summed E-state index contributed by atoms with van der Waals surface area (Å²) >= 11 is 0. The zero-order valence-electron chi connectivity index (χ0n) is 15.6. The standard InChI is InChI=1S/C20H27N3O4/c24-17-4-1-2-9-21(17)14-18(25)22-11-8-20(15-22)7-3-10-23(19(20)26)16-5-12-27-13-6-16/h1-2,4,9,16H,3,5-8,10-15H2. The quantitative estimate of drug-likeness (QED) is 0.788. The smallest absolute Gasteiger partial charge is 0.250 e. The molecular weight excluding hydrogens is 346 g/mol. The number of piperidine rings is 1. The Labute approximate surface area is 158 Å². The molecule has 7 nitrogen and oxygen atoms in total. The molecule has 0 saturated carbocycles. The summed E-state index contributed by atoms with van der Waals surface area (Å²) < 4.78 is 6.86. The van der Waals surface area contributed by atoms with Crippen molar-refractivity contribution in [2.24, 2.45) is 5.41 Å². The fraction of sp³-hybridized carbons (Fsp3) is 0.650. The van der Waals surface area contributed by atoms with Crippen LogP contribution in [0.2, 0.25) is 0 Å². The first-order valence-corrected chi connectivity index (χ1v) is 9.91. The number of hydrogen-bond acceptors (Lipinski definition) is 4. The molecule has 0 aromatic carbocycles. The third-order valence-corrected chi connectivity index (χ3v) is 6.31. The van der Waals surface area contributed by atoms with Gasteiger partial charge in [0, 0.05) is 51.2 Å². The van der Waals surface area contributed by atoms with Gasteiger partial charge in [-0.1, -0.05) is 6.07 Å². The third-order valence-electron chi connectivity index (χ3n) is 6.31. The zero-order chi connectivity index (χ0) is 18.9. The van der Waals surface area contributed by atoms with Gasteiger partial charge in [-0.3, -0.25) is 14.4 Å². The van der Waals surface area contributed by atoms with Crippen molar-refractivity contribution in [3.63, 3.8) is 0 Å². The van der Waals surface area contributed by atoms with Gasteiger partial charge in [0.1, 0.15) is 6.54 Å². The molecular formula is C20H27N3O4. The Bertz CT molecular complexity index is 770. The van der Waals surface area contributed by atoms with E-state index in [1.165, 1.54) is 10.6 Å². The second kappa shape index (κ2) is 7.46. The minimum atomic E-state index is -0.437. The lowest BCUT2D eigenvalue weighted by Crippen LogP contribution is -2.55. The van der Waals surface area contributed by atoms with Crippen molar-refractivity contribution < 1.29 is 14.3 Å². The molecule has 2 amide bonds. The van der Waals surface area contributed by atoms with Crippen LogP contribution in [0.25, 0.3) is 0 Å². The molecule has 3 saturated heterocycles. The Morgan fingerprint density at radius 1 is 1.15 bits per heavy atom. The molecule has 1 aromatic heterocycles. The Hall–Kier alpha value is -2.15. The Balaban J connectivity index is 1.44. The van der Waals surface area contributed by atoms with E-state index in [0.29, 0.717) is 13.1 Å². The van der Waals surface area contributed by atoms with Crippen molar-refractivity contribution in [3.05, 3.63) is 34.7 Å². The fourth-order valence-electron chi connectivity index (χ4n) is 4.75. The number of ether oxygens (including phenoxy) is 1. The van der Waals surface area contributed by atoms with E-state index >= 15 is 0 Å². The first-order chi connectivity index (χ1) is 13.1. The van der Waals surface area contributed by atoms with E-state index in [9.17, 15) is 14.4 Å². The molecule has 1 unspecified atom stereocenters. The Morgan fingerprint density at radius 3 is 2.74 bits per heavy atom. The molecule has 7 heteroatoms. The highest BCUT2D eigenvalue weighted by Gasteiger charge is 2.50. The lowest BCUT2D eigenvalue weighted by atomic mass is 9.77. The second-order valence-electron chi connectivity index (χ2n) is 7.96. The van der Waals surface area contributed by atoms with Crippen LogP contribution in [-0.2, 0) is 20.9 Å². The first-order valence-electron chi connectivity index (χ1n) is 9.91. The molecule has 0 aliphatic carbocycles. The summed E-state index contributed by atoms with van der Waals surface area (Å²) in [7, 11) is 0. The highest BCUT2D eigenvalue weighted by molar-refractivity contribution is 5.86. The maximum atomic E-state index is 13.3. The number of nitrogens with zero attached hydrogens (tertiary/aromatic N) is 3. The van der Waals surface area contributed by atoms with Crippen molar-refractivity contribution in [3.8, 4) is 0 Å². The number of pyridine rings is 1. The van der Waals surface area contributed by atoms with Crippen LogP contribution in [0, 0.1) is 5.41 Å². The molecule has 0 radical (unpaired) electrons. The second-order valence-corrected chi connectivity index (χ2v) is 7.96. The fourth-order valence-corrected chi connectivity index (χ4v) is 4.75. The van der Waals surface area contributed by atoms with Crippen LogP contribution in [0.4, 0.5) is 0 Å². The normalized spacial score (nSPS) is 26.7. The maximum Gasteiger partial charge on any atom is 0.250 e. The van der Waals surface area contributed by atoms with Gasteiger partial charge in [-0.15, -0.1) is 0 Å². The highest BCUT2D eigenvalue weighted by atomic mass is 16.5. The lowest BCUT2D eigenvalue weighted by molar-refractivity contribution is -0.151. The molecule has 1 spiro atoms. The SMILES string of the molecule is O=C(Cn1ccccc1=O)N1CCC2(CCCN(C3CCOCC3)C2=O)C1. The zero-order valence-corrected chi connectivity index (χ0v) is 15.6. The average molecular weight is 373 g/mol. The van der Waals surface area contributed by atoms with Gasteiger partial charge in [0.2, 0.25) is 11.8 Å². The number of amides is 2. The van der Waals surface area contributed by atoms with Crippen molar-refractivity contribution >= 4 is 11.8 Å². The van der Waals surface area contributed by atoms with Gasteiger partial charge < -0.3 is 19.1 Å². The number of likely N-dealkylation sites (tertiary alicyclic amines) is 2. The topological polar surface area (TPSA) is 71.8 Å². The van der Waals surface area contributed by atoms with Crippen LogP contribution in [0.15, 0.2) is 29.2 Å². The van der Waals surface area contributed by atoms with Crippen LogP contribution < -0.4 is 5.56 Å². The number of rotatable bonds is 3. The van der Waals surface area contributed by atoms with E-state index in [0.717, 1.165) is 51.9 Å². The number of aromatic nitrogens is 1. The molecule has 3 aliphatic heterocycles. The molecule has 27 heavy (non-hydrogen) atoms. The average Bonchev–Trinajstić information content (AvgIpc) is 3.12.